The van der Waals surface area contributed by atoms with Gasteiger partial charge in [-0.3, -0.25) is 0 Å². The molecular weight excluding hydrogens is 276 g/mol. The number of hydrogen-bond donors (Lipinski definition) is 3. The smallest absolute Gasteiger partial charge is 0.315 e. The van der Waals surface area contributed by atoms with E-state index >= 15 is 0 Å². The van der Waals surface area contributed by atoms with E-state index in [9.17, 15) is 4.79 Å². The molecular formula is C18H20N2O2. The highest BCUT2D eigenvalue weighted by atomic mass is 16.3. The number of aliphatic hydroxyl groups is 1. The minimum Gasteiger partial charge on any atom is -0.395 e. The van der Waals surface area contributed by atoms with E-state index in [-0.39, 0.29) is 25.2 Å². The predicted molar refractivity (Wildman–Crippen MR) is 85.8 cm³/mol. The number of carbonyl (C=O) groups excluding carboxylic acids is 1. The van der Waals surface area contributed by atoms with Crippen LogP contribution in [0.15, 0.2) is 48.5 Å². The third-order valence-corrected chi connectivity index (χ3v) is 4.07. The van der Waals surface area contributed by atoms with Gasteiger partial charge in [0.2, 0.25) is 0 Å². The molecule has 1 aliphatic carbocycles. The molecule has 4 nitrogen and oxygen atoms in total. The van der Waals surface area contributed by atoms with E-state index in [1.165, 1.54) is 11.1 Å². The molecule has 0 spiro atoms. The van der Waals surface area contributed by atoms with Crippen LogP contribution in [0.25, 0.3) is 0 Å². The van der Waals surface area contributed by atoms with E-state index in [1.54, 1.807) is 0 Å². The highest BCUT2D eigenvalue weighted by Gasteiger charge is 2.24. The van der Waals surface area contributed by atoms with Crippen LogP contribution in [0.2, 0.25) is 0 Å². The topological polar surface area (TPSA) is 61.4 Å². The fraction of sp³-hybridized carbons (Fsp3) is 0.278. The molecule has 0 saturated heterocycles. The Kier molecular flexibility index (Phi) is 4.39. The molecule has 2 aromatic carbocycles. The molecule has 0 unspecified atom stereocenters. The Labute approximate surface area is 130 Å². The summed E-state index contributed by atoms with van der Waals surface area (Å²) in [4.78, 5) is 12.1. The summed E-state index contributed by atoms with van der Waals surface area (Å²) in [5.41, 5.74) is 4.83. The predicted octanol–water partition coefficient (Wildman–Crippen LogP) is 2.17. The van der Waals surface area contributed by atoms with E-state index in [2.05, 4.69) is 34.9 Å². The highest BCUT2D eigenvalue weighted by Crippen LogP contribution is 2.32. The highest BCUT2D eigenvalue weighted by molar-refractivity contribution is 5.75. The number of carbonyl (C=O) groups is 1. The van der Waals surface area contributed by atoms with E-state index in [0.717, 1.165) is 24.0 Å². The van der Waals surface area contributed by atoms with Gasteiger partial charge in [0.1, 0.15) is 0 Å². The van der Waals surface area contributed by atoms with Crippen LogP contribution in [0.5, 0.6) is 0 Å². The maximum Gasteiger partial charge on any atom is 0.315 e. The Morgan fingerprint density at radius 2 is 1.55 bits per heavy atom. The van der Waals surface area contributed by atoms with Crippen molar-refractivity contribution < 1.29 is 9.90 Å². The van der Waals surface area contributed by atoms with Gasteiger partial charge in [-0.1, -0.05) is 48.5 Å². The maximum absolute atomic E-state index is 12.1. The third kappa shape index (κ3) is 2.97. The number of rotatable bonds is 3. The number of aryl methyl sites for hydroxylation is 2. The number of hydrogen-bond acceptors (Lipinski definition) is 2. The minimum atomic E-state index is -0.259. The molecule has 0 atom stereocenters. The molecule has 0 aromatic heterocycles. The zero-order chi connectivity index (χ0) is 15.4. The summed E-state index contributed by atoms with van der Waals surface area (Å²) in [5, 5.41) is 14.5. The lowest BCUT2D eigenvalue weighted by atomic mass is 9.95. The van der Waals surface area contributed by atoms with Crippen LogP contribution in [0.1, 0.15) is 28.3 Å². The second-order valence-electron chi connectivity index (χ2n) is 5.45. The maximum atomic E-state index is 12.1. The van der Waals surface area contributed by atoms with Crippen molar-refractivity contribution in [2.45, 2.75) is 18.9 Å². The summed E-state index contributed by atoms with van der Waals surface area (Å²) in [6.45, 7) is 0.188. The number of aliphatic hydroxyl groups excluding tert-OH is 1. The fourth-order valence-corrected chi connectivity index (χ4v) is 3.03. The van der Waals surface area contributed by atoms with E-state index in [4.69, 9.17) is 5.11 Å². The molecule has 0 radical (unpaired) electrons. The minimum absolute atomic E-state index is 0.0642. The van der Waals surface area contributed by atoms with Gasteiger partial charge in [-0.25, -0.2) is 4.79 Å². The monoisotopic (exact) mass is 296 g/mol. The van der Waals surface area contributed by atoms with Gasteiger partial charge in [0.05, 0.1) is 12.6 Å². The molecule has 22 heavy (non-hydrogen) atoms. The molecule has 0 fully saturated rings. The fourth-order valence-electron chi connectivity index (χ4n) is 3.03. The van der Waals surface area contributed by atoms with Crippen molar-refractivity contribution in [3.05, 3.63) is 70.8 Å². The average molecular weight is 296 g/mol. The van der Waals surface area contributed by atoms with E-state index in [0.29, 0.717) is 0 Å². The Morgan fingerprint density at radius 1 is 1.00 bits per heavy atom. The van der Waals surface area contributed by atoms with Crippen LogP contribution in [0.4, 0.5) is 4.79 Å². The lowest BCUT2D eigenvalue weighted by Crippen LogP contribution is -2.39. The van der Waals surface area contributed by atoms with Gasteiger partial charge in [0.25, 0.3) is 0 Å². The van der Waals surface area contributed by atoms with Gasteiger partial charge in [-0.15, -0.1) is 0 Å². The molecule has 0 saturated carbocycles. The number of urea groups is 1. The zero-order valence-electron chi connectivity index (χ0n) is 12.4. The normalized spacial score (nSPS) is 13.7. The van der Waals surface area contributed by atoms with Crippen LogP contribution in [0.3, 0.4) is 0 Å². The lowest BCUT2D eigenvalue weighted by molar-refractivity contribution is 0.232. The van der Waals surface area contributed by atoms with Gasteiger partial charge in [-0.2, -0.15) is 0 Å². The van der Waals surface area contributed by atoms with E-state index in [1.807, 2.05) is 24.3 Å². The van der Waals surface area contributed by atoms with Crippen molar-refractivity contribution in [1.82, 2.24) is 10.6 Å². The number of fused-ring (bicyclic) bond motifs is 2. The molecule has 114 valence electrons. The molecule has 0 aliphatic heterocycles. The lowest BCUT2D eigenvalue weighted by Gasteiger charge is -2.22. The largest absolute Gasteiger partial charge is 0.395 e. The SMILES string of the molecule is O=C(NCCO)NC1c2ccccc2CCc2ccccc21. The molecule has 4 heteroatoms. The summed E-state index contributed by atoms with van der Waals surface area (Å²) in [6, 6.07) is 16.1. The summed E-state index contributed by atoms with van der Waals surface area (Å²) in [6.07, 6.45) is 1.95. The number of nitrogens with one attached hydrogen (secondary N) is 2. The Bertz CT molecular complexity index is 622. The first-order chi connectivity index (χ1) is 10.8. The van der Waals surface area contributed by atoms with E-state index < -0.39 is 0 Å². The van der Waals surface area contributed by atoms with Gasteiger partial charge in [-0.05, 0) is 35.1 Å². The second kappa shape index (κ2) is 6.62. The molecule has 2 aromatic rings. The average Bonchev–Trinajstić information content (AvgIpc) is 2.71. The van der Waals surface area contributed by atoms with Crippen molar-refractivity contribution in [3.8, 4) is 0 Å². The summed E-state index contributed by atoms with van der Waals surface area (Å²) in [7, 11) is 0. The van der Waals surface area contributed by atoms with Crippen molar-refractivity contribution in [2.75, 3.05) is 13.2 Å². The summed E-state index contributed by atoms with van der Waals surface area (Å²) >= 11 is 0. The molecule has 3 rings (SSSR count). The van der Waals surface area contributed by atoms with Crippen molar-refractivity contribution in [3.63, 3.8) is 0 Å². The molecule has 3 N–H and O–H groups in total. The van der Waals surface area contributed by atoms with Crippen LogP contribution in [0, 0.1) is 0 Å². The van der Waals surface area contributed by atoms with Gasteiger partial charge in [0.15, 0.2) is 0 Å². The van der Waals surface area contributed by atoms with Crippen molar-refractivity contribution in [1.29, 1.82) is 0 Å². The Hall–Kier alpha value is -2.33. The van der Waals surface area contributed by atoms with Gasteiger partial charge < -0.3 is 15.7 Å². The Balaban J connectivity index is 1.97. The summed E-state index contributed by atoms with van der Waals surface area (Å²) < 4.78 is 0. The first-order valence-electron chi connectivity index (χ1n) is 7.60. The third-order valence-electron chi connectivity index (χ3n) is 4.07. The van der Waals surface area contributed by atoms with Crippen LogP contribution < -0.4 is 10.6 Å². The molecule has 0 heterocycles. The van der Waals surface area contributed by atoms with Crippen LogP contribution >= 0.6 is 0 Å². The molecule has 1 aliphatic rings. The van der Waals surface area contributed by atoms with Gasteiger partial charge in [0, 0.05) is 6.54 Å². The quantitative estimate of drug-likeness (QED) is 0.813. The number of amides is 2. The first kappa shape index (κ1) is 14.6. The standard InChI is InChI=1S/C18H20N2O2/c21-12-11-19-18(22)20-17-15-7-3-1-5-13(15)9-10-14-6-2-4-8-16(14)17/h1-8,17,21H,9-12H2,(H2,19,20,22). The number of benzene rings is 2. The molecule has 2 amide bonds. The Morgan fingerprint density at radius 3 is 2.09 bits per heavy atom. The molecule has 0 bridgehead atoms. The van der Waals surface area contributed by atoms with Gasteiger partial charge >= 0.3 is 6.03 Å². The second-order valence-corrected chi connectivity index (χ2v) is 5.45. The summed E-state index contributed by atoms with van der Waals surface area (Å²) in [5.74, 6) is 0. The van der Waals surface area contributed by atoms with Crippen LogP contribution in [-0.2, 0) is 12.8 Å². The van der Waals surface area contributed by atoms with Crippen molar-refractivity contribution in [2.24, 2.45) is 0 Å². The zero-order valence-corrected chi connectivity index (χ0v) is 12.4. The first-order valence-corrected chi connectivity index (χ1v) is 7.60. The van der Waals surface area contributed by atoms with Crippen LogP contribution in [-0.4, -0.2) is 24.3 Å². The van der Waals surface area contributed by atoms with Crippen molar-refractivity contribution >= 4 is 6.03 Å².